The Balaban J connectivity index is 1.82. The van der Waals surface area contributed by atoms with Crippen molar-refractivity contribution in [2.24, 2.45) is 17.3 Å². The zero-order valence-corrected chi connectivity index (χ0v) is 14.4. The molecule has 0 aliphatic rings. The van der Waals surface area contributed by atoms with Gasteiger partial charge in [0.05, 0.1) is 28.9 Å². The summed E-state index contributed by atoms with van der Waals surface area (Å²) in [6.45, 7) is 2.15. The molecule has 9 heteroatoms. The molecule has 2 heterocycles. The second-order valence-electron chi connectivity index (χ2n) is 5.82. The van der Waals surface area contributed by atoms with Gasteiger partial charge in [-0.1, -0.05) is 6.07 Å². The number of anilines is 1. The Bertz CT molecular complexity index is 977. The largest absolute Gasteiger partial charge is 0.382 e. The number of nitro benzene ring substituents is 1. The van der Waals surface area contributed by atoms with Crippen LogP contribution in [0, 0.1) is 17.0 Å². The number of azo groups is 1. The van der Waals surface area contributed by atoms with E-state index in [-0.39, 0.29) is 5.69 Å². The van der Waals surface area contributed by atoms with Gasteiger partial charge in [0.1, 0.15) is 18.6 Å². The first kappa shape index (κ1) is 17.2. The van der Waals surface area contributed by atoms with Gasteiger partial charge in [0.15, 0.2) is 12.4 Å². The van der Waals surface area contributed by atoms with Crippen LogP contribution < -0.4 is 10.3 Å². The molecule has 2 N–H and O–H groups in total. The van der Waals surface area contributed by atoms with E-state index in [1.165, 1.54) is 12.3 Å². The monoisotopic (exact) mass is 352 g/mol. The van der Waals surface area contributed by atoms with Gasteiger partial charge in [-0.2, -0.15) is 5.10 Å². The molecule has 3 aromatic rings. The third kappa shape index (κ3) is 3.56. The molecule has 0 aliphatic carbocycles. The molecular formula is C17H18N7O2+. The van der Waals surface area contributed by atoms with E-state index in [0.29, 0.717) is 29.3 Å². The van der Waals surface area contributed by atoms with Gasteiger partial charge >= 0.3 is 0 Å². The normalized spacial score (nSPS) is 11.2. The Hall–Kier alpha value is -3.62. The zero-order chi connectivity index (χ0) is 18.7. The van der Waals surface area contributed by atoms with Gasteiger partial charge in [0, 0.05) is 18.2 Å². The number of benzene rings is 1. The van der Waals surface area contributed by atoms with Crippen LogP contribution >= 0.6 is 0 Å². The highest BCUT2D eigenvalue weighted by Gasteiger charge is 2.13. The minimum absolute atomic E-state index is 0.00218. The predicted octanol–water partition coefficient (Wildman–Crippen LogP) is 2.97. The van der Waals surface area contributed by atoms with Gasteiger partial charge in [-0.3, -0.25) is 10.1 Å². The van der Waals surface area contributed by atoms with E-state index in [4.69, 9.17) is 5.73 Å². The SMILES string of the molecule is Cc1c(N=Nc2cnn(Cc3cc[n+](C)cc3)c2N)cccc1[N+](=O)[O-]. The molecule has 0 aliphatic heterocycles. The number of rotatable bonds is 5. The number of aryl methyl sites for hydroxylation is 1. The van der Waals surface area contributed by atoms with E-state index < -0.39 is 4.92 Å². The van der Waals surface area contributed by atoms with Crippen LogP contribution in [-0.2, 0) is 13.6 Å². The zero-order valence-electron chi connectivity index (χ0n) is 14.4. The summed E-state index contributed by atoms with van der Waals surface area (Å²) in [4.78, 5) is 10.6. The Morgan fingerprint density at radius 3 is 2.62 bits per heavy atom. The number of hydrogen-bond acceptors (Lipinski definition) is 6. The van der Waals surface area contributed by atoms with Crippen LogP contribution in [-0.4, -0.2) is 14.7 Å². The first-order valence-corrected chi connectivity index (χ1v) is 7.87. The third-order valence-corrected chi connectivity index (χ3v) is 3.98. The highest BCUT2D eigenvalue weighted by Crippen LogP contribution is 2.30. The third-order valence-electron chi connectivity index (χ3n) is 3.98. The molecule has 0 radical (unpaired) electrons. The van der Waals surface area contributed by atoms with Gasteiger partial charge in [-0.15, -0.1) is 10.2 Å². The first-order chi connectivity index (χ1) is 12.5. The molecular weight excluding hydrogens is 334 g/mol. The van der Waals surface area contributed by atoms with E-state index in [1.54, 1.807) is 23.7 Å². The summed E-state index contributed by atoms with van der Waals surface area (Å²) in [5.74, 6) is 0.380. The molecule has 0 saturated heterocycles. The first-order valence-electron chi connectivity index (χ1n) is 7.87. The van der Waals surface area contributed by atoms with Crippen LogP contribution in [0.1, 0.15) is 11.1 Å². The summed E-state index contributed by atoms with van der Waals surface area (Å²) < 4.78 is 3.57. The molecule has 9 nitrogen and oxygen atoms in total. The van der Waals surface area contributed by atoms with Crippen LogP contribution in [0.3, 0.4) is 0 Å². The van der Waals surface area contributed by atoms with Crippen LogP contribution in [0.25, 0.3) is 0 Å². The van der Waals surface area contributed by atoms with Crippen LogP contribution in [0.2, 0.25) is 0 Å². The Morgan fingerprint density at radius 2 is 1.92 bits per heavy atom. The molecule has 0 unspecified atom stereocenters. The molecule has 0 fully saturated rings. The van der Waals surface area contributed by atoms with Gasteiger partial charge in [0.2, 0.25) is 0 Å². The molecule has 0 bridgehead atoms. The van der Waals surface area contributed by atoms with Crippen molar-refractivity contribution in [1.82, 2.24) is 9.78 Å². The van der Waals surface area contributed by atoms with Crippen molar-refractivity contribution in [3.05, 3.63) is 70.2 Å². The van der Waals surface area contributed by atoms with Crippen LogP contribution in [0.4, 0.5) is 22.9 Å². The van der Waals surface area contributed by atoms with E-state index >= 15 is 0 Å². The predicted molar refractivity (Wildman–Crippen MR) is 95.4 cm³/mol. The lowest BCUT2D eigenvalue weighted by Crippen LogP contribution is -2.26. The minimum Gasteiger partial charge on any atom is -0.382 e. The average Bonchev–Trinajstić information content (AvgIpc) is 2.96. The lowest BCUT2D eigenvalue weighted by molar-refractivity contribution is -0.671. The maximum Gasteiger partial charge on any atom is 0.274 e. The second-order valence-corrected chi connectivity index (χ2v) is 5.82. The van der Waals surface area contributed by atoms with Crippen molar-refractivity contribution in [3.8, 4) is 0 Å². The molecule has 0 amide bonds. The summed E-state index contributed by atoms with van der Waals surface area (Å²) in [6, 6.07) is 8.63. The molecule has 0 saturated carbocycles. The quantitative estimate of drug-likeness (QED) is 0.329. The standard InChI is InChI=1S/C17H18N7O2/c1-12-14(4-3-5-16(12)24(25)26)20-21-15-10-19-23(17(15)18)11-13-6-8-22(2)9-7-13/h3-10H,11,18H2,1-2H3/q+1. The number of nitrogen functional groups attached to an aromatic ring is 1. The van der Waals surface area contributed by atoms with E-state index in [9.17, 15) is 10.1 Å². The molecule has 2 aromatic heterocycles. The fourth-order valence-corrected chi connectivity index (χ4v) is 2.42. The Labute approximate surface area is 149 Å². The van der Waals surface area contributed by atoms with Crippen molar-refractivity contribution >= 4 is 22.9 Å². The van der Waals surface area contributed by atoms with Crippen LogP contribution in [0.5, 0.6) is 0 Å². The molecule has 26 heavy (non-hydrogen) atoms. The number of aromatic nitrogens is 3. The van der Waals surface area contributed by atoms with Crippen molar-refractivity contribution in [1.29, 1.82) is 0 Å². The summed E-state index contributed by atoms with van der Waals surface area (Å²) in [7, 11) is 1.94. The Morgan fingerprint density at radius 1 is 1.23 bits per heavy atom. The number of nitro groups is 1. The molecule has 1 aromatic carbocycles. The lowest BCUT2D eigenvalue weighted by atomic mass is 10.1. The molecule has 3 rings (SSSR count). The fraction of sp³-hybridized carbons (Fsp3) is 0.176. The maximum absolute atomic E-state index is 11.0. The lowest BCUT2D eigenvalue weighted by Gasteiger charge is -2.03. The molecule has 0 spiro atoms. The van der Waals surface area contributed by atoms with E-state index in [2.05, 4.69) is 15.3 Å². The number of nitrogens with two attached hydrogens (primary N) is 1. The smallest absolute Gasteiger partial charge is 0.274 e. The minimum atomic E-state index is -0.444. The van der Waals surface area contributed by atoms with Crippen LogP contribution in [0.15, 0.2) is 59.2 Å². The number of pyridine rings is 1. The number of hydrogen-bond donors (Lipinski definition) is 1. The van der Waals surface area contributed by atoms with Crippen molar-refractivity contribution in [3.63, 3.8) is 0 Å². The Kier molecular flexibility index (Phi) is 4.70. The topological polar surface area (TPSA) is 116 Å². The average molecular weight is 352 g/mol. The summed E-state index contributed by atoms with van der Waals surface area (Å²) in [5.41, 5.74) is 8.43. The van der Waals surface area contributed by atoms with Gasteiger partial charge in [-0.05, 0) is 18.6 Å². The summed E-state index contributed by atoms with van der Waals surface area (Å²) >= 11 is 0. The van der Waals surface area contributed by atoms with Gasteiger partial charge < -0.3 is 5.73 Å². The van der Waals surface area contributed by atoms with E-state index in [1.807, 2.05) is 36.1 Å². The van der Waals surface area contributed by atoms with Crippen molar-refractivity contribution < 1.29 is 9.49 Å². The fourth-order valence-electron chi connectivity index (χ4n) is 2.42. The summed E-state index contributed by atoms with van der Waals surface area (Å²) in [6.07, 6.45) is 5.41. The van der Waals surface area contributed by atoms with Gasteiger partial charge in [-0.25, -0.2) is 9.25 Å². The van der Waals surface area contributed by atoms with Gasteiger partial charge in [0.25, 0.3) is 5.69 Å². The highest BCUT2D eigenvalue weighted by atomic mass is 16.6. The second kappa shape index (κ2) is 7.09. The highest BCUT2D eigenvalue weighted by molar-refractivity contribution is 5.59. The van der Waals surface area contributed by atoms with Crippen molar-refractivity contribution in [2.45, 2.75) is 13.5 Å². The van der Waals surface area contributed by atoms with Crippen molar-refractivity contribution in [2.75, 3.05) is 5.73 Å². The number of nitrogens with zero attached hydrogens (tertiary/aromatic N) is 6. The molecule has 0 atom stereocenters. The maximum atomic E-state index is 11.0. The summed E-state index contributed by atoms with van der Waals surface area (Å²) in [5, 5.41) is 23.4. The molecule has 132 valence electrons. The van der Waals surface area contributed by atoms with E-state index in [0.717, 1.165) is 5.56 Å².